The van der Waals surface area contributed by atoms with Crippen molar-refractivity contribution in [3.8, 4) is 5.88 Å². The van der Waals surface area contributed by atoms with Gasteiger partial charge in [-0.3, -0.25) is 9.28 Å². The van der Waals surface area contributed by atoms with E-state index in [4.69, 9.17) is 9.47 Å². The Balaban J connectivity index is 1.64. The molecule has 2 heterocycles. The number of carbonyl (C=O) groups is 1. The normalized spacial score (nSPS) is 18.3. The summed E-state index contributed by atoms with van der Waals surface area (Å²) in [6.45, 7) is 8.92. The Bertz CT molecular complexity index is 797. The molecule has 2 atom stereocenters. The topological polar surface area (TPSA) is 61.3 Å². The fourth-order valence-corrected chi connectivity index (χ4v) is 5.74. The molecule has 0 radical (unpaired) electrons. The predicted octanol–water partition coefficient (Wildman–Crippen LogP) is 8.71. The molecule has 0 amide bonds. The second-order valence-corrected chi connectivity index (χ2v) is 12.0. The van der Waals surface area contributed by atoms with Crippen LogP contribution in [-0.2, 0) is 9.53 Å². The van der Waals surface area contributed by atoms with Crippen LogP contribution in [0.2, 0.25) is 0 Å². The van der Waals surface area contributed by atoms with Crippen molar-refractivity contribution >= 4 is 23.3 Å². The van der Waals surface area contributed by atoms with E-state index in [1.165, 1.54) is 95.2 Å². The molecule has 0 spiro atoms. The van der Waals surface area contributed by atoms with Gasteiger partial charge in [-0.15, -0.1) is 4.37 Å². The molecule has 38 heavy (non-hydrogen) atoms. The van der Waals surface area contributed by atoms with Crippen molar-refractivity contribution in [2.75, 3.05) is 26.7 Å². The summed E-state index contributed by atoms with van der Waals surface area (Å²) >= 11 is 1.21. The van der Waals surface area contributed by atoms with E-state index in [9.17, 15) is 4.79 Å². The first-order valence-electron chi connectivity index (χ1n) is 15.7. The SMILES string of the molecule is CCCCCCCCCCCCCCC(=O)OC(C)[N+]1(C)CCC=C(c2nsnc2OCCCCCC)C1. The Morgan fingerprint density at radius 2 is 1.47 bits per heavy atom. The van der Waals surface area contributed by atoms with Gasteiger partial charge >= 0.3 is 5.97 Å². The lowest BCUT2D eigenvalue weighted by atomic mass is 10.0. The van der Waals surface area contributed by atoms with Crippen LogP contribution in [0, 0.1) is 0 Å². The van der Waals surface area contributed by atoms with E-state index >= 15 is 0 Å². The predicted molar refractivity (Wildman–Crippen MR) is 159 cm³/mol. The molecule has 1 aromatic rings. The van der Waals surface area contributed by atoms with Crippen LogP contribution in [0.25, 0.3) is 5.57 Å². The lowest BCUT2D eigenvalue weighted by molar-refractivity contribution is -0.944. The summed E-state index contributed by atoms with van der Waals surface area (Å²) in [5.41, 5.74) is 2.02. The highest BCUT2D eigenvalue weighted by Crippen LogP contribution is 2.31. The maximum Gasteiger partial charge on any atom is 0.310 e. The highest BCUT2D eigenvalue weighted by Gasteiger charge is 2.36. The van der Waals surface area contributed by atoms with Crippen molar-refractivity contribution in [1.29, 1.82) is 0 Å². The van der Waals surface area contributed by atoms with Gasteiger partial charge in [0, 0.05) is 25.3 Å². The molecule has 0 saturated carbocycles. The van der Waals surface area contributed by atoms with E-state index in [0.29, 0.717) is 23.4 Å². The summed E-state index contributed by atoms with van der Waals surface area (Å²) < 4.78 is 21.6. The first-order chi connectivity index (χ1) is 18.5. The molecule has 0 N–H and O–H groups in total. The Morgan fingerprint density at radius 1 is 0.895 bits per heavy atom. The van der Waals surface area contributed by atoms with Crippen LogP contribution in [0.1, 0.15) is 142 Å². The third kappa shape index (κ3) is 12.6. The summed E-state index contributed by atoms with van der Waals surface area (Å²) in [5, 5.41) is 0. The number of esters is 1. The highest BCUT2D eigenvalue weighted by atomic mass is 32.1. The fraction of sp³-hybridized carbons (Fsp3) is 0.839. The first kappa shape index (κ1) is 32.7. The van der Waals surface area contributed by atoms with Gasteiger partial charge in [-0.05, 0) is 12.8 Å². The second-order valence-electron chi connectivity index (χ2n) is 11.4. The lowest BCUT2D eigenvalue weighted by Crippen LogP contribution is -2.55. The Kier molecular flexibility index (Phi) is 16.9. The van der Waals surface area contributed by atoms with Crippen LogP contribution >= 0.6 is 11.7 Å². The zero-order chi connectivity index (χ0) is 27.5. The second kappa shape index (κ2) is 19.6. The summed E-state index contributed by atoms with van der Waals surface area (Å²) in [4.78, 5) is 12.6. The number of quaternary nitrogens is 1. The van der Waals surface area contributed by atoms with Crippen LogP contribution in [0.3, 0.4) is 0 Å². The number of unbranched alkanes of at least 4 members (excludes halogenated alkanes) is 14. The molecule has 0 fully saturated rings. The van der Waals surface area contributed by atoms with Crippen molar-refractivity contribution < 1.29 is 18.8 Å². The van der Waals surface area contributed by atoms with Gasteiger partial charge in [0.25, 0.3) is 5.88 Å². The van der Waals surface area contributed by atoms with E-state index in [1.54, 1.807) is 0 Å². The van der Waals surface area contributed by atoms with Crippen LogP contribution in [0.5, 0.6) is 5.88 Å². The molecule has 0 aliphatic carbocycles. The van der Waals surface area contributed by atoms with Crippen molar-refractivity contribution in [2.45, 2.75) is 143 Å². The molecule has 1 aromatic heterocycles. The van der Waals surface area contributed by atoms with Gasteiger partial charge in [-0.2, -0.15) is 4.37 Å². The number of hydrogen-bond acceptors (Lipinski definition) is 6. The minimum Gasteiger partial charge on any atom is -0.475 e. The van der Waals surface area contributed by atoms with Gasteiger partial charge in [-0.25, -0.2) is 0 Å². The van der Waals surface area contributed by atoms with Crippen LogP contribution in [0.4, 0.5) is 0 Å². The first-order valence-corrected chi connectivity index (χ1v) is 16.4. The smallest absolute Gasteiger partial charge is 0.310 e. The Labute approximate surface area is 237 Å². The molecular weight excluding hydrogens is 494 g/mol. The van der Waals surface area contributed by atoms with Crippen LogP contribution < -0.4 is 4.74 Å². The Hall–Kier alpha value is -1.47. The van der Waals surface area contributed by atoms with Gasteiger partial charge in [0.2, 0.25) is 6.23 Å². The zero-order valence-corrected chi connectivity index (χ0v) is 25.8. The summed E-state index contributed by atoms with van der Waals surface area (Å²) in [7, 11) is 2.18. The molecule has 0 saturated heterocycles. The average Bonchev–Trinajstić information content (AvgIpc) is 3.38. The minimum absolute atomic E-state index is 0.0635. The van der Waals surface area contributed by atoms with Gasteiger partial charge in [-0.1, -0.05) is 110 Å². The summed E-state index contributed by atoms with van der Waals surface area (Å²) in [6.07, 6.45) is 23.8. The molecule has 0 bridgehead atoms. The molecule has 1 aliphatic heterocycles. The van der Waals surface area contributed by atoms with E-state index in [-0.39, 0.29) is 12.2 Å². The number of nitrogens with zero attached hydrogens (tertiary/aromatic N) is 3. The number of rotatable bonds is 22. The largest absolute Gasteiger partial charge is 0.475 e. The minimum atomic E-state index is -0.187. The molecule has 6 nitrogen and oxygen atoms in total. The van der Waals surface area contributed by atoms with Gasteiger partial charge in [0.05, 0.1) is 31.9 Å². The molecule has 7 heteroatoms. The summed E-state index contributed by atoms with van der Waals surface area (Å²) in [6, 6.07) is 0. The zero-order valence-electron chi connectivity index (χ0n) is 25.0. The number of carbonyl (C=O) groups excluding carboxylic acids is 1. The molecular formula is C31H56N3O3S+. The van der Waals surface area contributed by atoms with E-state index in [2.05, 4.69) is 35.7 Å². The Morgan fingerprint density at radius 3 is 2.11 bits per heavy atom. The number of hydrogen-bond donors (Lipinski definition) is 0. The standard InChI is InChI=1S/C31H56N3O3S/c1-5-7-9-11-12-13-14-15-16-17-18-19-23-29(35)37-27(3)34(4)24-21-22-28(26-34)30-31(33-38-32-30)36-25-20-10-8-6-2/h22,27H,5-21,23-26H2,1-4H3/q+1. The maximum atomic E-state index is 12.6. The number of likely N-dealkylation sites (N-methyl/N-ethyl adjacent to an activating group) is 1. The van der Waals surface area contributed by atoms with E-state index in [1.807, 2.05) is 6.92 Å². The van der Waals surface area contributed by atoms with Gasteiger partial charge in [0.15, 0.2) is 0 Å². The average molecular weight is 551 g/mol. The third-order valence-corrected chi connectivity index (χ3v) is 8.49. The molecule has 2 rings (SSSR count). The van der Waals surface area contributed by atoms with Crippen molar-refractivity contribution in [3.05, 3.63) is 11.8 Å². The highest BCUT2D eigenvalue weighted by molar-refractivity contribution is 6.99. The quantitative estimate of drug-likeness (QED) is 0.0820. The monoisotopic (exact) mass is 550 g/mol. The molecule has 0 aromatic carbocycles. The van der Waals surface area contributed by atoms with Crippen LogP contribution in [-0.4, -0.2) is 52.2 Å². The lowest BCUT2D eigenvalue weighted by Gasteiger charge is -2.41. The third-order valence-electron chi connectivity index (χ3n) is 7.98. The molecule has 218 valence electrons. The maximum absolute atomic E-state index is 12.6. The summed E-state index contributed by atoms with van der Waals surface area (Å²) in [5.74, 6) is 0.592. The van der Waals surface area contributed by atoms with E-state index in [0.717, 1.165) is 50.0 Å². The van der Waals surface area contributed by atoms with Gasteiger partial charge < -0.3 is 9.47 Å². The molecule has 1 aliphatic rings. The number of aromatic nitrogens is 2. The van der Waals surface area contributed by atoms with Crippen LogP contribution in [0.15, 0.2) is 6.08 Å². The van der Waals surface area contributed by atoms with Crippen molar-refractivity contribution in [1.82, 2.24) is 8.75 Å². The fourth-order valence-electron chi connectivity index (χ4n) is 5.20. The van der Waals surface area contributed by atoms with Crippen molar-refractivity contribution in [3.63, 3.8) is 0 Å². The van der Waals surface area contributed by atoms with E-state index < -0.39 is 0 Å². The number of ether oxygens (including phenoxy) is 2. The van der Waals surface area contributed by atoms with Crippen molar-refractivity contribution in [2.24, 2.45) is 0 Å². The van der Waals surface area contributed by atoms with Gasteiger partial charge in [0.1, 0.15) is 12.2 Å². The molecule has 2 unspecified atom stereocenters.